The molecule has 19 heavy (non-hydrogen) atoms. The molecule has 0 radical (unpaired) electrons. The quantitative estimate of drug-likeness (QED) is 0.653. The van der Waals surface area contributed by atoms with Crippen molar-refractivity contribution in [1.82, 2.24) is 0 Å². The van der Waals surface area contributed by atoms with Crippen molar-refractivity contribution in [2.75, 3.05) is 0 Å². The molecule has 1 aromatic rings. The summed E-state index contributed by atoms with van der Waals surface area (Å²) in [5.74, 6) is 4.15. The van der Waals surface area contributed by atoms with Crippen LogP contribution in [0.3, 0.4) is 0 Å². The van der Waals surface area contributed by atoms with E-state index in [0.29, 0.717) is 5.92 Å². The molecule has 1 fully saturated rings. The van der Waals surface area contributed by atoms with Crippen LogP contribution in [0.15, 0.2) is 30.3 Å². The zero-order chi connectivity index (χ0) is 13.4. The number of fused-ring (bicyclic) bond motifs is 1. The van der Waals surface area contributed by atoms with Crippen molar-refractivity contribution in [2.24, 2.45) is 23.7 Å². The van der Waals surface area contributed by atoms with Gasteiger partial charge in [-0.2, -0.15) is 0 Å². The summed E-state index contributed by atoms with van der Waals surface area (Å²) >= 11 is 0. The Morgan fingerprint density at radius 1 is 1.11 bits per heavy atom. The largest absolute Gasteiger partial charge is 0.0761 e. The lowest BCUT2D eigenvalue weighted by Gasteiger charge is -2.40. The molecule has 2 aliphatic carbocycles. The van der Waals surface area contributed by atoms with Crippen LogP contribution in [-0.4, -0.2) is 0 Å². The first kappa shape index (κ1) is 13.0. The minimum atomic E-state index is 0.673. The van der Waals surface area contributed by atoms with Crippen molar-refractivity contribution in [3.8, 4) is 0 Å². The predicted octanol–water partition coefficient (Wildman–Crippen LogP) is 5.51. The number of benzene rings is 1. The van der Waals surface area contributed by atoms with Crippen LogP contribution in [0.5, 0.6) is 0 Å². The van der Waals surface area contributed by atoms with E-state index in [1.807, 2.05) is 0 Å². The minimum Gasteiger partial charge on any atom is -0.0761 e. The molecule has 102 valence electrons. The van der Waals surface area contributed by atoms with E-state index in [-0.39, 0.29) is 0 Å². The van der Waals surface area contributed by atoms with Crippen molar-refractivity contribution in [3.63, 3.8) is 0 Å². The summed E-state index contributed by atoms with van der Waals surface area (Å²) in [6.07, 6.45) is 9.08. The van der Waals surface area contributed by atoms with Gasteiger partial charge in [-0.1, -0.05) is 63.6 Å². The van der Waals surface area contributed by atoms with Gasteiger partial charge in [0.05, 0.1) is 0 Å². The molecule has 0 spiro atoms. The van der Waals surface area contributed by atoms with E-state index < -0.39 is 0 Å². The van der Waals surface area contributed by atoms with E-state index in [4.69, 9.17) is 0 Å². The van der Waals surface area contributed by atoms with Gasteiger partial charge < -0.3 is 0 Å². The van der Waals surface area contributed by atoms with Crippen LogP contribution in [0.25, 0.3) is 6.08 Å². The molecule has 0 amide bonds. The molecular formula is C19H26. The van der Waals surface area contributed by atoms with Gasteiger partial charge in [-0.25, -0.2) is 0 Å². The van der Waals surface area contributed by atoms with E-state index in [0.717, 1.165) is 23.7 Å². The fourth-order valence-corrected chi connectivity index (χ4v) is 4.34. The third kappa shape index (κ3) is 2.38. The summed E-state index contributed by atoms with van der Waals surface area (Å²) in [5, 5.41) is 0. The van der Waals surface area contributed by atoms with Crippen LogP contribution < -0.4 is 0 Å². The molecule has 0 aromatic heterocycles. The molecule has 0 saturated heterocycles. The summed E-state index contributed by atoms with van der Waals surface area (Å²) < 4.78 is 0. The van der Waals surface area contributed by atoms with Crippen molar-refractivity contribution in [3.05, 3.63) is 41.5 Å². The summed E-state index contributed by atoms with van der Waals surface area (Å²) in [6, 6.07) is 8.98. The third-order valence-electron chi connectivity index (χ3n) is 5.37. The molecule has 4 atom stereocenters. The average molecular weight is 254 g/mol. The van der Waals surface area contributed by atoms with Crippen LogP contribution in [0.1, 0.15) is 57.1 Å². The normalized spacial score (nSPS) is 33.7. The molecule has 0 heteroatoms. The molecule has 0 heterocycles. The van der Waals surface area contributed by atoms with Crippen LogP contribution >= 0.6 is 0 Å². The van der Waals surface area contributed by atoms with Crippen molar-refractivity contribution < 1.29 is 0 Å². The number of hydrogen-bond donors (Lipinski definition) is 0. The fraction of sp³-hybridized carbons (Fsp3) is 0.579. The standard InChI is InChI=1S/C19H26/c1-13(2)16-10-8-14(3)12-19(16)18-11-9-15-6-4-5-7-17(15)18/h4-7,9,11,13-14,16,18-19H,8,10,12H2,1-3H3. The summed E-state index contributed by atoms with van der Waals surface area (Å²) in [4.78, 5) is 0. The Bertz CT molecular complexity index is 469. The van der Waals surface area contributed by atoms with Gasteiger partial charge in [0.1, 0.15) is 0 Å². The Balaban J connectivity index is 1.90. The number of allylic oxidation sites excluding steroid dienone is 1. The second kappa shape index (κ2) is 5.15. The SMILES string of the molecule is CC1CCC(C(C)C)C(C2C=Cc3ccccc32)C1. The maximum Gasteiger partial charge on any atom is 0.00583 e. The second-order valence-corrected chi connectivity index (χ2v) is 7.00. The first-order valence-electron chi connectivity index (χ1n) is 7.94. The van der Waals surface area contributed by atoms with E-state index in [1.165, 1.54) is 24.8 Å². The van der Waals surface area contributed by atoms with Gasteiger partial charge in [-0.05, 0) is 47.6 Å². The molecule has 2 aliphatic rings. The van der Waals surface area contributed by atoms with Gasteiger partial charge in [-0.15, -0.1) is 0 Å². The lowest BCUT2D eigenvalue weighted by Crippen LogP contribution is -2.31. The highest BCUT2D eigenvalue weighted by Crippen LogP contribution is 2.48. The van der Waals surface area contributed by atoms with Crippen LogP contribution in [0, 0.1) is 23.7 Å². The van der Waals surface area contributed by atoms with Crippen LogP contribution in [-0.2, 0) is 0 Å². The highest BCUT2D eigenvalue weighted by molar-refractivity contribution is 5.62. The Morgan fingerprint density at radius 3 is 2.68 bits per heavy atom. The van der Waals surface area contributed by atoms with Crippen molar-refractivity contribution >= 4 is 6.08 Å². The zero-order valence-electron chi connectivity index (χ0n) is 12.5. The van der Waals surface area contributed by atoms with E-state index >= 15 is 0 Å². The maximum absolute atomic E-state index is 2.47. The molecule has 1 aromatic carbocycles. The zero-order valence-corrected chi connectivity index (χ0v) is 12.5. The average Bonchev–Trinajstić information content (AvgIpc) is 2.82. The molecule has 0 bridgehead atoms. The highest BCUT2D eigenvalue weighted by atomic mass is 14.4. The lowest BCUT2D eigenvalue weighted by atomic mass is 9.64. The summed E-state index contributed by atoms with van der Waals surface area (Å²) in [7, 11) is 0. The van der Waals surface area contributed by atoms with E-state index in [9.17, 15) is 0 Å². The topological polar surface area (TPSA) is 0 Å². The first-order valence-corrected chi connectivity index (χ1v) is 7.94. The van der Waals surface area contributed by atoms with Gasteiger partial charge in [0.25, 0.3) is 0 Å². The highest BCUT2D eigenvalue weighted by Gasteiger charge is 2.37. The number of rotatable bonds is 2. The summed E-state index contributed by atoms with van der Waals surface area (Å²) in [6.45, 7) is 7.27. The number of hydrogen-bond acceptors (Lipinski definition) is 0. The monoisotopic (exact) mass is 254 g/mol. The Morgan fingerprint density at radius 2 is 1.89 bits per heavy atom. The van der Waals surface area contributed by atoms with E-state index in [2.05, 4.69) is 57.2 Å². The Hall–Kier alpha value is -1.04. The molecule has 4 unspecified atom stereocenters. The fourth-order valence-electron chi connectivity index (χ4n) is 4.34. The second-order valence-electron chi connectivity index (χ2n) is 7.00. The molecule has 1 saturated carbocycles. The molecule has 0 N–H and O–H groups in total. The van der Waals surface area contributed by atoms with Crippen LogP contribution in [0.2, 0.25) is 0 Å². The first-order chi connectivity index (χ1) is 9.16. The maximum atomic E-state index is 2.47. The van der Waals surface area contributed by atoms with Crippen molar-refractivity contribution in [2.45, 2.75) is 46.0 Å². The van der Waals surface area contributed by atoms with Gasteiger partial charge >= 0.3 is 0 Å². The smallest absolute Gasteiger partial charge is 0.00583 e. The van der Waals surface area contributed by atoms with Gasteiger partial charge in [-0.3, -0.25) is 0 Å². The third-order valence-corrected chi connectivity index (χ3v) is 5.37. The van der Waals surface area contributed by atoms with E-state index in [1.54, 1.807) is 5.56 Å². The predicted molar refractivity (Wildman–Crippen MR) is 83.1 cm³/mol. The van der Waals surface area contributed by atoms with Gasteiger partial charge in [0, 0.05) is 5.92 Å². The Labute approximate surface area is 117 Å². The van der Waals surface area contributed by atoms with Gasteiger partial charge in [0.2, 0.25) is 0 Å². The van der Waals surface area contributed by atoms with Crippen LogP contribution in [0.4, 0.5) is 0 Å². The Kier molecular flexibility index (Phi) is 3.52. The molecule has 0 nitrogen and oxygen atoms in total. The molecule has 3 rings (SSSR count). The lowest BCUT2D eigenvalue weighted by molar-refractivity contribution is 0.133. The minimum absolute atomic E-state index is 0.673. The van der Waals surface area contributed by atoms with Crippen molar-refractivity contribution in [1.29, 1.82) is 0 Å². The van der Waals surface area contributed by atoms with Gasteiger partial charge in [0.15, 0.2) is 0 Å². The summed E-state index contributed by atoms with van der Waals surface area (Å²) in [5.41, 5.74) is 3.03. The molecule has 0 aliphatic heterocycles. The molecular weight excluding hydrogens is 228 g/mol.